The van der Waals surface area contributed by atoms with E-state index in [1.807, 2.05) is 18.2 Å². The third kappa shape index (κ3) is 4.37. The van der Waals surface area contributed by atoms with Crippen LogP contribution < -0.4 is 10.1 Å². The second-order valence-electron chi connectivity index (χ2n) is 6.06. The predicted molar refractivity (Wildman–Crippen MR) is 120 cm³/mol. The van der Waals surface area contributed by atoms with E-state index < -0.39 is 0 Å². The summed E-state index contributed by atoms with van der Waals surface area (Å²) in [6.45, 7) is 0. The van der Waals surface area contributed by atoms with E-state index in [4.69, 9.17) is 16.3 Å². The van der Waals surface area contributed by atoms with E-state index >= 15 is 0 Å². The van der Waals surface area contributed by atoms with Crippen molar-refractivity contribution in [3.8, 4) is 16.9 Å². The van der Waals surface area contributed by atoms with E-state index in [2.05, 4.69) is 32.8 Å². The number of thioether (sulfide) groups is 1. The molecule has 0 atom stereocenters. The fourth-order valence-electron chi connectivity index (χ4n) is 2.86. The molecule has 0 radical (unpaired) electrons. The van der Waals surface area contributed by atoms with Gasteiger partial charge in [0, 0.05) is 16.6 Å². The summed E-state index contributed by atoms with van der Waals surface area (Å²) in [5.41, 5.74) is 2.80. The van der Waals surface area contributed by atoms with Gasteiger partial charge in [0.2, 0.25) is 5.91 Å². The van der Waals surface area contributed by atoms with Crippen molar-refractivity contribution in [2.75, 3.05) is 18.2 Å². The van der Waals surface area contributed by atoms with Crippen LogP contribution in [0.2, 0.25) is 5.02 Å². The molecule has 0 saturated heterocycles. The maximum Gasteiger partial charge on any atom is 0.234 e. The van der Waals surface area contributed by atoms with Gasteiger partial charge in [-0.25, -0.2) is 9.97 Å². The van der Waals surface area contributed by atoms with Crippen LogP contribution in [0.4, 0.5) is 5.69 Å². The number of ether oxygens (including phenoxy) is 1. The van der Waals surface area contributed by atoms with E-state index in [1.165, 1.54) is 18.1 Å². The molecule has 2 aromatic carbocycles. The largest absolute Gasteiger partial charge is 0.495 e. The minimum Gasteiger partial charge on any atom is -0.495 e. The Morgan fingerprint density at radius 1 is 1.21 bits per heavy atom. The molecule has 29 heavy (non-hydrogen) atoms. The van der Waals surface area contributed by atoms with Crippen LogP contribution in [0.3, 0.4) is 0 Å². The van der Waals surface area contributed by atoms with E-state index in [1.54, 1.807) is 36.6 Å². The van der Waals surface area contributed by atoms with Crippen LogP contribution in [0.15, 0.2) is 65.3 Å². The highest BCUT2D eigenvalue weighted by Gasteiger charge is 2.15. The quantitative estimate of drug-likeness (QED) is 0.305. The molecule has 0 saturated carbocycles. The van der Waals surface area contributed by atoms with Gasteiger partial charge >= 0.3 is 0 Å². The summed E-state index contributed by atoms with van der Waals surface area (Å²) >= 11 is 9.08. The molecule has 0 aliphatic heterocycles. The van der Waals surface area contributed by atoms with Crippen molar-refractivity contribution < 1.29 is 9.53 Å². The Morgan fingerprint density at radius 3 is 2.79 bits per heavy atom. The number of hydrogen-bond donors (Lipinski definition) is 1. The van der Waals surface area contributed by atoms with Crippen LogP contribution in [0.25, 0.3) is 21.3 Å². The van der Waals surface area contributed by atoms with Crippen LogP contribution in [0.5, 0.6) is 5.75 Å². The normalized spacial score (nSPS) is 10.8. The first kappa shape index (κ1) is 19.7. The number of anilines is 1. The zero-order chi connectivity index (χ0) is 20.2. The van der Waals surface area contributed by atoms with Crippen molar-refractivity contribution in [3.63, 3.8) is 0 Å². The molecule has 1 amide bonds. The highest BCUT2D eigenvalue weighted by molar-refractivity contribution is 8.00. The van der Waals surface area contributed by atoms with Crippen molar-refractivity contribution in [1.29, 1.82) is 0 Å². The van der Waals surface area contributed by atoms with Crippen molar-refractivity contribution in [2.45, 2.75) is 5.03 Å². The Kier molecular flexibility index (Phi) is 5.99. The molecule has 1 N–H and O–H groups in total. The SMILES string of the molecule is COc1ccc(NC(=O)CSc2ncnc3scc(-c4ccccc4)c23)cc1Cl. The van der Waals surface area contributed by atoms with Crippen molar-refractivity contribution >= 4 is 56.5 Å². The average Bonchev–Trinajstić information content (AvgIpc) is 3.18. The summed E-state index contributed by atoms with van der Waals surface area (Å²) in [5, 5.41) is 7.15. The molecule has 5 nitrogen and oxygen atoms in total. The molecule has 2 aromatic heterocycles. The Morgan fingerprint density at radius 2 is 2.03 bits per heavy atom. The zero-order valence-corrected chi connectivity index (χ0v) is 17.8. The second kappa shape index (κ2) is 8.82. The summed E-state index contributed by atoms with van der Waals surface area (Å²) in [5.74, 6) is 0.646. The molecule has 0 fully saturated rings. The zero-order valence-electron chi connectivity index (χ0n) is 15.4. The fourth-order valence-corrected chi connectivity index (χ4v) is 4.91. The number of benzene rings is 2. The maximum atomic E-state index is 12.4. The van der Waals surface area contributed by atoms with Crippen LogP contribution >= 0.6 is 34.7 Å². The number of carbonyl (C=O) groups excluding carboxylic acids is 1. The highest BCUT2D eigenvalue weighted by atomic mass is 35.5. The van der Waals surface area contributed by atoms with Crippen LogP contribution in [-0.4, -0.2) is 28.7 Å². The van der Waals surface area contributed by atoms with Gasteiger partial charge < -0.3 is 10.1 Å². The lowest BCUT2D eigenvalue weighted by Crippen LogP contribution is -2.14. The van der Waals surface area contributed by atoms with Gasteiger partial charge in [-0.05, 0) is 23.8 Å². The van der Waals surface area contributed by atoms with Gasteiger partial charge in [-0.1, -0.05) is 53.7 Å². The molecule has 2 heterocycles. The molecule has 0 aliphatic rings. The highest BCUT2D eigenvalue weighted by Crippen LogP contribution is 2.37. The number of carbonyl (C=O) groups is 1. The van der Waals surface area contributed by atoms with Crippen LogP contribution in [-0.2, 0) is 4.79 Å². The molecule has 4 aromatic rings. The van der Waals surface area contributed by atoms with Crippen LogP contribution in [0.1, 0.15) is 0 Å². The van der Waals surface area contributed by atoms with Gasteiger partial charge in [-0.15, -0.1) is 11.3 Å². The number of fused-ring (bicyclic) bond motifs is 1. The summed E-state index contributed by atoms with van der Waals surface area (Å²) in [7, 11) is 1.55. The van der Waals surface area contributed by atoms with E-state index in [9.17, 15) is 4.79 Å². The van der Waals surface area contributed by atoms with Crippen LogP contribution in [0, 0.1) is 0 Å². The van der Waals surface area contributed by atoms with Gasteiger partial charge in [0.15, 0.2) is 0 Å². The summed E-state index contributed by atoms with van der Waals surface area (Å²) in [6.07, 6.45) is 1.54. The number of aromatic nitrogens is 2. The molecule has 4 rings (SSSR count). The standard InChI is InChI=1S/C21H16ClN3O2S2/c1-27-17-8-7-14(9-16(17)22)25-18(26)11-29-21-19-15(13-5-3-2-4-6-13)10-28-20(19)23-12-24-21/h2-10,12H,11H2,1H3,(H,25,26). The Hall–Kier alpha value is -2.61. The number of methoxy groups -OCH3 is 1. The summed E-state index contributed by atoms with van der Waals surface area (Å²) in [6, 6.07) is 15.2. The smallest absolute Gasteiger partial charge is 0.234 e. The minimum absolute atomic E-state index is 0.139. The van der Waals surface area contributed by atoms with E-state index in [0.29, 0.717) is 16.5 Å². The lowest BCUT2D eigenvalue weighted by atomic mass is 10.1. The van der Waals surface area contributed by atoms with E-state index in [-0.39, 0.29) is 11.7 Å². The minimum atomic E-state index is -0.139. The van der Waals surface area contributed by atoms with Gasteiger partial charge in [-0.3, -0.25) is 4.79 Å². The van der Waals surface area contributed by atoms with Gasteiger partial charge in [0.25, 0.3) is 0 Å². The van der Waals surface area contributed by atoms with Gasteiger partial charge in [0.05, 0.1) is 23.3 Å². The van der Waals surface area contributed by atoms with E-state index in [0.717, 1.165) is 26.4 Å². The first-order chi connectivity index (χ1) is 14.2. The summed E-state index contributed by atoms with van der Waals surface area (Å²) in [4.78, 5) is 22.1. The molecular formula is C21H16ClN3O2S2. The molecular weight excluding hydrogens is 426 g/mol. The average molecular weight is 442 g/mol. The van der Waals surface area contributed by atoms with Crippen molar-refractivity contribution in [2.24, 2.45) is 0 Å². The summed E-state index contributed by atoms with van der Waals surface area (Å²) < 4.78 is 5.13. The number of thiophene rings is 1. The predicted octanol–water partition coefficient (Wildman–Crippen LogP) is 5.75. The molecule has 0 unspecified atom stereocenters. The van der Waals surface area contributed by atoms with Crippen molar-refractivity contribution in [1.82, 2.24) is 9.97 Å². The molecule has 0 spiro atoms. The number of nitrogens with zero attached hydrogens (tertiary/aromatic N) is 2. The molecule has 8 heteroatoms. The van der Waals surface area contributed by atoms with Gasteiger partial charge in [0.1, 0.15) is 21.9 Å². The first-order valence-corrected chi connectivity index (χ1v) is 10.9. The molecule has 146 valence electrons. The van der Waals surface area contributed by atoms with Gasteiger partial charge in [-0.2, -0.15) is 0 Å². The third-order valence-corrected chi connectivity index (χ3v) is 6.37. The fraction of sp³-hybridized carbons (Fsp3) is 0.0952. The number of rotatable bonds is 6. The first-order valence-electron chi connectivity index (χ1n) is 8.69. The number of nitrogens with one attached hydrogen (secondary N) is 1. The Balaban J connectivity index is 1.52. The lowest BCUT2D eigenvalue weighted by Gasteiger charge is -2.08. The number of halogens is 1. The lowest BCUT2D eigenvalue weighted by molar-refractivity contribution is -0.113. The molecule has 0 aliphatic carbocycles. The third-order valence-electron chi connectivity index (χ3n) is 4.20. The Bertz CT molecular complexity index is 1170. The topological polar surface area (TPSA) is 64.1 Å². The monoisotopic (exact) mass is 441 g/mol. The van der Waals surface area contributed by atoms with Crippen molar-refractivity contribution in [3.05, 3.63) is 65.3 Å². The second-order valence-corrected chi connectivity index (χ2v) is 8.29. The molecule has 0 bridgehead atoms. The number of hydrogen-bond acceptors (Lipinski definition) is 6. The number of amides is 1. The Labute approximate surface area is 181 Å². The maximum absolute atomic E-state index is 12.4.